The van der Waals surface area contributed by atoms with Crippen LogP contribution in [-0.2, 0) is 0 Å². The van der Waals surface area contributed by atoms with Crippen LogP contribution in [0.3, 0.4) is 0 Å². The average molecular weight is 257 g/mol. The standard InChI is InChI=1S/C12H8FN5O/c13-8-3-1-2-7(10(8)14)12-17-11(18-19-12)9-6-15-4-5-16-9/h1-6H,14H2. The van der Waals surface area contributed by atoms with Crippen molar-refractivity contribution in [1.29, 1.82) is 0 Å². The highest BCUT2D eigenvalue weighted by atomic mass is 19.1. The fourth-order valence-electron chi connectivity index (χ4n) is 1.58. The summed E-state index contributed by atoms with van der Waals surface area (Å²) >= 11 is 0. The zero-order chi connectivity index (χ0) is 13.2. The van der Waals surface area contributed by atoms with Gasteiger partial charge in [-0.25, -0.2) is 9.37 Å². The molecular formula is C12H8FN5O. The summed E-state index contributed by atoms with van der Waals surface area (Å²) in [4.78, 5) is 12.1. The number of aromatic nitrogens is 4. The van der Waals surface area contributed by atoms with Crippen molar-refractivity contribution in [2.24, 2.45) is 0 Å². The van der Waals surface area contributed by atoms with Crippen molar-refractivity contribution >= 4 is 5.69 Å². The van der Waals surface area contributed by atoms with Crippen LogP contribution in [0.4, 0.5) is 10.1 Å². The van der Waals surface area contributed by atoms with E-state index < -0.39 is 5.82 Å². The largest absolute Gasteiger partial charge is 0.396 e. The van der Waals surface area contributed by atoms with E-state index in [2.05, 4.69) is 20.1 Å². The molecule has 2 aromatic heterocycles. The maximum atomic E-state index is 13.4. The first-order valence-corrected chi connectivity index (χ1v) is 5.40. The van der Waals surface area contributed by atoms with Gasteiger partial charge in [-0.1, -0.05) is 11.2 Å². The molecule has 0 saturated carbocycles. The van der Waals surface area contributed by atoms with E-state index in [1.165, 1.54) is 30.7 Å². The number of nitrogens with two attached hydrogens (primary N) is 1. The first-order chi connectivity index (χ1) is 9.25. The van der Waals surface area contributed by atoms with Gasteiger partial charge in [0.05, 0.1) is 17.4 Å². The van der Waals surface area contributed by atoms with E-state index in [0.717, 1.165) is 0 Å². The Bertz CT molecular complexity index is 713. The molecule has 3 rings (SSSR count). The Morgan fingerprint density at radius 3 is 2.89 bits per heavy atom. The number of halogens is 1. The number of nitrogen functional groups attached to an aromatic ring is 1. The van der Waals surface area contributed by atoms with Crippen molar-refractivity contribution in [3.63, 3.8) is 0 Å². The minimum atomic E-state index is -0.531. The minimum Gasteiger partial charge on any atom is -0.396 e. The monoisotopic (exact) mass is 257 g/mol. The second-order valence-corrected chi connectivity index (χ2v) is 3.71. The van der Waals surface area contributed by atoms with Crippen molar-refractivity contribution < 1.29 is 8.91 Å². The van der Waals surface area contributed by atoms with E-state index in [-0.39, 0.29) is 17.4 Å². The molecule has 0 atom stereocenters. The van der Waals surface area contributed by atoms with E-state index in [4.69, 9.17) is 10.3 Å². The fraction of sp³-hybridized carbons (Fsp3) is 0. The molecule has 0 saturated heterocycles. The van der Waals surface area contributed by atoms with E-state index in [1.807, 2.05) is 0 Å². The third-order valence-corrected chi connectivity index (χ3v) is 2.50. The smallest absolute Gasteiger partial charge is 0.260 e. The third kappa shape index (κ3) is 2.01. The molecule has 0 amide bonds. The molecule has 0 aliphatic heterocycles. The van der Waals surface area contributed by atoms with Crippen molar-refractivity contribution in [3.8, 4) is 23.0 Å². The summed E-state index contributed by atoms with van der Waals surface area (Å²) in [5.74, 6) is -0.124. The van der Waals surface area contributed by atoms with Crippen LogP contribution >= 0.6 is 0 Å². The molecule has 0 bridgehead atoms. The molecular weight excluding hydrogens is 249 g/mol. The van der Waals surface area contributed by atoms with Crippen LogP contribution in [0, 0.1) is 5.82 Å². The fourth-order valence-corrected chi connectivity index (χ4v) is 1.58. The SMILES string of the molecule is Nc1c(F)cccc1-c1nc(-c2cnccn2)no1. The summed E-state index contributed by atoms with van der Waals surface area (Å²) in [5, 5.41) is 3.77. The number of hydrogen-bond donors (Lipinski definition) is 1. The highest BCUT2D eigenvalue weighted by molar-refractivity contribution is 5.71. The second-order valence-electron chi connectivity index (χ2n) is 3.71. The lowest BCUT2D eigenvalue weighted by Crippen LogP contribution is -1.94. The van der Waals surface area contributed by atoms with Crippen LogP contribution in [-0.4, -0.2) is 20.1 Å². The van der Waals surface area contributed by atoms with Crippen molar-refractivity contribution in [1.82, 2.24) is 20.1 Å². The summed E-state index contributed by atoms with van der Waals surface area (Å²) in [5.41, 5.74) is 6.42. The first-order valence-electron chi connectivity index (χ1n) is 5.40. The topological polar surface area (TPSA) is 90.7 Å². The van der Waals surface area contributed by atoms with E-state index in [1.54, 1.807) is 6.07 Å². The summed E-state index contributed by atoms with van der Waals surface area (Å²) in [7, 11) is 0. The zero-order valence-corrected chi connectivity index (χ0v) is 9.62. The van der Waals surface area contributed by atoms with Gasteiger partial charge >= 0.3 is 0 Å². The quantitative estimate of drug-likeness (QED) is 0.705. The maximum Gasteiger partial charge on any atom is 0.260 e. The molecule has 19 heavy (non-hydrogen) atoms. The molecule has 0 aliphatic carbocycles. The number of para-hydroxylation sites is 1. The van der Waals surface area contributed by atoms with Gasteiger partial charge in [0, 0.05) is 12.4 Å². The lowest BCUT2D eigenvalue weighted by Gasteiger charge is -2.00. The normalized spacial score (nSPS) is 10.6. The van der Waals surface area contributed by atoms with Crippen molar-refractivity contribution in [3.05, 3.63) is 42.6 Å². The predicted octanol–water partition coefficient (Wildman–Crippen LogP) is 1.91. The lowest BCUT2D eigenvalue weighted by atomic mass is 10.2. The number of benzene rings is 1. The number of nitrogens with zero attached hydrogens (tertiary/aromatic N) is 4. The molecule has 2 heterocycles. The van der Waals surface area contributed by atoms with Gasteiger partial charge < -0.3 is 10.3 Å². The maximum absolute atomic E-state index is 13.4. The molecule has 1 aromatic carbocycles. The van der Waals surface area contributed by atoms with E-state index in [9.17, 15) is 4.39 Å². The van der Waals surface area contributed by atoms with Crippen LogP contribution in [0.15, 0.2) is 41.3 Å². The minimum absolute atomic E-state index is 0.0307. The molecule has 2 N–H and O–H groups in total. The van der Waals surface area contributed by atoms with Crippen LogP contribution < -0.4 is 5.73 Å². The van der Waals surface area contributed by atoms with Gasteiger partial charge in [-0.05, 0) is 12.1 Å². The first kappa shape index (κ1) is 11.3. The summed E-state index contributed by atoms with van der Waals surface area (Å²) < 4.78 is 18.4. The lowest BCUT2D eigenvalue weighted by molar-refractivity contribution is 0.432. The van der Waals surface area contributed by atoms with Gasteiger partial charge in [0.1, 0.15) is 11.5 Å². The molecule has 6 nitrogen and oxygen atoms in total. The number of hydrogen-bond acceptors (Lipinski definition) is 6. The van der Waals surface area contributed by atoms with Gasteiger partial charge in [-0.3, -0.25) is 4.98 Å². The second kappa shape index (κ2) is 4.45. The molecule has 0 spiro atoms. The Morgan fingerprint density at radius 1 is 1.21 bits per heavy atom. The molecule has 3 aromatic rings. The Kier molecular flexibility index (Phi) is 2.64. The molecule has 7 heteroatoms. The summed E-state index contributed by atoms with van der Waals surface area (Å²) in [6, 6.07) is 4.39. The van der Waals surface area contributed by atoms with Gasteiger partial charge in [0.2, 0.25) is 5.82 Å². The molecule has 94 valence electrons. The molecule has 0 radical (unpaired) electrons. The molecule has 0 aliphatic rings. The Labute approximate surface area is 107 Å². The van der Waals surface area contributed by atoms with Crippen molar-refractivity contribution in [2.75, 3.05) is 5.73 Å². The van der Waals surface area contributed by atoms with Crippen LogP contribution in [0.2, 0.25) is 0 Å². The number of anilines is 1. The Hall–Kier alpha value is -2.83. The third-order valence-electron chi connectivity index (χ3n) is 2.50. The van der Waals surface area contributed by atoms with Gasteiger partial charge in [-0.15, -0.1) is 0 Å². The van der Waals surface area contributed by atoms with Crippen LogP contribution in [0.1, 0.15) is 0 Å². The number of rotatable bonds is 2. The summed E-state index contributed by atoms with van der Waals surface area (Å²) in [6.07, 6.45) is 4.56. The predicted molar refractivity (Wildman–Crippen MR) is 65.1 cm³/mol. The van der Waals surface area contributed by atoms with E-state index >= 15 is 0 Å². The van der Waals surface area contributed by atoms with Crippen LogP contribution in [0.25, 0.3) is 23.0 Å². The summed E-state index contributed by atoms with van der Waals surface area (Å²) in [6.45, 7) is 0. The molecule has 0 fully saturated rings. The highest BCUT2D eigenvalue weighted by Gasteiger charge is 2.15. The highest BCUT2D eigenvalue weighted by Crippen LogP contribution is 2.27. The van der Waals surface area contributed by atoms with Crippen LogP contribution in [0.5, 0.6) is 0 Å². The van der Waals surface area contributed by atoms with Gasteiger partial charge in [0.15, 0.2) is 0 Å². The average Bonchev–Trinajstić information content (AvgIpc) is 2.92. The molecule has 0 unspecified atom stereocenters. The van der Waals surface area contributed by atoms with Gasteiger partial charge in [-0.2, -0.15) is 4.98 Å². The van der Waals surface area contributed by atoms with E-state index in [0.29, 0.717) is 11.3 Å². The Morgan fingerprint density at radius 2 is 2.11 bits per heavy atom. The Balaban J connectivity index is 2.05. The van der Waals surface area contributed by atoms with Gasteiger partial charge in [0.25, 0.3) is 5.89 Å². The van der Waals surface area contributed by atoms with Crippen molar-refractivity contribution in [2.45, 2.75) is 0 Å². The zero-order valence-electron chi connectivity index (χ0n) is 9.62.